The van der Waals surface area contributed by atoms with Crippen LogP contribution in [0, 0.1) is 22.9 Å². The van der Waals surface area contributed by atoms with E-state index < -0.39 is 4.92 Å². The van der Waals surface area contributed by atoms with Gasteiger partial charge in [-0.25, -0.2) is 9.37 Å². The summed E-state index contributed by atoms with van der Waals surface area (Å²) in [7, 11) is 0. The number of rotatable bonds is 3. The molecule has 0 atom stereocenters. The van der Waals surface area contributed by atoms with E-state index in [1.54, 1.807) is 37.3 Å². The average molecular weight is 376 g/mol. The van der Waals surface area contributed by atoms with Crippen molar-refractivity contribution in [3.8, 4) is 0 Å². The first-order valence-corrected chi connectivity index (χ1v) is 7.51. The van der Waals surface area contributed by atoms with Crippen LogP contribution >= 0.6 is 15.9 Å². The van der Waals surface area contributed by atoms with Crippen molar-refractivity contribution < 1.29 is 9.31 Å². The molecule has 0 bridgehead atoms. The Hall–Kier alpha value is -2.54. The van der Waals surface area contributed by atoms with E-state index in [4.69, 9.17) is 0 Å². The molecule has 0 unspecified atom stereocenters. The molecule has 0 fully saturated rings. The Bertz CT molecular complexity index is 931. The summed E-state index contributed by atoms with van der Waals surface area (Å²) in [6, 6.07) is 9.87. The molecule has 0 amide bonds. The SMILES string of the molecule is Cc1c(F)cccc1Nc1c([N+](=O)[O-])cnc2ccc(Br)cc12. The Labute approximate surface area is 139 Å². The molecule has 1 aromatic heterocycles. The molecular formula is C16H11BrFN3O2. The van der Waals surface area contributed by atoms with Crippen molar-refractivity contribution in [2.45, 2.75) is 6.92 Å². The maximum atomic E-state index is 13.7. The number of nitro groups is 1. The monoisotopic (exact) mass is 375 g/mol. The molecule has 1 heterocycles. The second-order valence-corrected chi connectivity index (χ2v) is 5.89. The molecule has 5 nitrogen and oxygen atoms in total. The number of nitrogens with zero attached hydrogens (tertiary/aromatic N) is 2. The number of halogens is 2. The molecule has 0 aliphatic rings. The number of fused-ring (bicyclic) bond motifs is 1. The van der Waals surface area contributed by atoms with E-state index in [9.17, 15) is 14.5 Å². The van der Waals surface area contributed by atoms with E-state index in [-0.39, 0.29) is 17.2 Å². The normalized spacial score (nSPS) is 10.7. The Morgan fingerprint density at radius 1 is 1.30 bits per heavy atom. The number of hydrogen-bond acceptors (Lipinski definition) is 4. The van der Waals surface area contributed by atoms with Crippen molar-refractivity contribution in [3.05, 3.63) is 68.6 Å². The zero-order valence-electron chi connectivity index (χ0n) is 12.0. The lowest BCUT2D eigenvalue weighted by Crippen LogP contribution is -2.01. The molecule has 116 valence electrons. The minimum atomic E-state index is -0.510. The van der Waals surface area contributed by atoms with Gasteiger partial charge < -0.3 is 5.32 Å². The topological polar surface area (TPSA) is 68.1 Å². The van der Waals surface area contributed by atoms with Gasteiger partial charge in [-0.3, -0.25) is 10.1 Å². The van der Waals surface area contributed by atoms with Crippen molar-refractivity contribution in [3.63, 3.8) is 0 Å². The zero-order chi connectivity index (χ0) is 16.6. The molecule has 7 heteroatoms. The molecule has 0 saturated carbocycles. The Kier molecular flexibility index (Phi) is 3.96. The van der Waals surface area contributed by atoms with E-state index in [1.165, 1.54) is 12.3 Å². The average Bonchev–Trinajstić information content (AvgIpc) is 2.51. The van der Waals surface area contributed by atoms with E-state index in [1.807, 2.05) is 0 Å². The van der Waals surface area contributed by atoms with Crippen molar-refractivity contribution >= 4 is 43.9 Å². The van der Waals surface area contributed by atoms with Gasteiger partial charge in [-0.1, -0.05) is 22.0 Å². The highest BCUT2D eigenvalue weighted by Crippen LogP contribution is 2.36. The maximum absolute atomic E-state index is 13.7. The Morgan fingerprint density at radius 3 is 2.83 bits per heavy atom. The summed E-state index contributed by atoms with van der Waals surface area (Å²) in [5, 5.41) is 14.9. The predicted octanol–water partition coefficient (Wildman–Crippen LogP) is 5.10. The van der Waals surface area contributed by atoms with Crippen molar-refractivity contribution in [1.29, 1.82) is 0 Å². The van der Waals surface area contributed by atoms with Gasteiger partial charge in [0.2, 0.25) is 0 Å². The van der Waals surface area contributed by atoms with E-state index in [2.05, 4.69) is 26.2 Å². The van der Waals surface area contributed by atoms with E-state index in [0.717, 1.165) is 4.47 Å². The second kappa shape index (κ2) is 5.92. The van der Waals surface area contributed by atoms with Crippen LogP contribution < -0.4 is 5.32 Å². The van der Waals surface area contributed by atoms with Crippen LogP contribution in [0.3, 0.4) is 0 Å². The molecule has 3 aromatic rings. The Morgan fingerprint density at radius 2 is 2.09 bits per heavy atom. The minimum absolute atomic E-state index is 0.167. The van der Waals surface area contributed by atoms with Crippen LogP contribution in [0.4, 0.5) is 21.5 Å². The van der Waals surface area contributed by atoms with Gasteiger partial charge in [0.1, 0.15) is 17.7 Å². The maximum Gasteiger partial charge on any atom is 0.311 e. The van der Waals surface area contributed by atoms with Gasteiger partial charge in [-0.05, 0) is 37.3 Å². The number of anilines is 2. The van der Waals surface area contributed by atoms with Gasteiger partial charge in [0, 0.05) is 21.1 Å². The molecule has 0 saturated heterocycles. The van der Waals surface area contributed by atoms with Crippen molar-refractivity contribution in [2.75, 3.05) is 5.32 Å². The van der Waals surface area contributed by atoms with E-state index in [0.29, 0.717) is 22.2 Å². The third-order valence-corrected chi connectivity index (χ3v) is 4.03. The molecule has 0 spiro atoms. The third kappa shape index (κ3) is 2.87. The second-order valence-electron chi connectivity index (χ2n) is 4.97. The largest absolute Gasteiger partial charge is 0.349 e. The molecular weight excluding hydrogens is 365 g/mol. The summed E-state index contributed by atoms with van der Waals surface area (Å²) in [6.07, 6.45) is 1.20. The number of aromatic nitrogens is 1. The van der Waals surface area contributed by atoms with Gasteiger partial charge >= 0.3 is 5.69 Å². The van der Waals surface area contributed by atoms with Gasteiger partial charge in [0.25, 0.3) is 0 Å². The quantitative estimate of drug-likeness (QED) is 0.510. The molecule has 0 aliphatic carbocycles. The van der Waals surface area contributed by atoms with Crippen LogP contribution in [0.15, 0.2) is 47.1 Å². The molecule has 0 aliphatic heterocycles. The van der Waals surface area contributed by atoms with Crippen LogP contribution in [0.2, 0.25) is 0 Å². The fourth-order valence-corrected chi connectivity index (χ4v) is 2.66. The van der Waals surface area contributed by atoms with Crippen LogP contribution in [0.1, 0.15) is 5.56 Å². The van der Waals surface area contributed by atoms with Crippen LogP contribution in [-0.2, 0) is 0 Å². The molecule has 1 N–H and O–H groups in total. The van der Waals surface area contributed by atoms with Gasteiger partial charge in [0.15, 0.2) is 0 Å². The smallest absolute Gasteiger partial charge is 0.311 e. The lowest BCUT2D eigenvalue weighted by Gasteiger charge is -2.12. The summed E-state index contributed by atoms with van der Waals surface area (Å²) < 4.78 is 14.5. The zero-order valence-corrected chi connectivity index (χ0v) is 13.6. The predicted molar refractivity (Wildman–Crippen MR) is 90.5 cm³/mol. The van der Waals surface area contributed by atoms with E-state index >= 15 is 0 Å². The highest BCUT2D eigenvalue weighted by atomic mass is 79.9. The van der Waals surface area contributed by atoms with Crippen LogP contribution in [-0.4, -0.2) is 9.91 Å². The summed E-state index contributed by atoms with van der Waals surface area (Å²) in [6.45, 7) is 1.61. The lowest BCUT2D eigenvalue weighted by molar-refractivity contribution is -0.384. The van der Waals surface area contributed by atoms with Crippen molar-refractivity contribution in [2.24, 2.45) is 0 Å². The standard InChI is InChI=1S/C16H11BrFN3O2/c1-9-12(18)3-2-4-13(9)20-16-11-7-10(17)5-6-14(11)19-8-15(16)21(22)23/h2-8H,1H3,(H,19,20). The number of hydrogen-bond donors (Lipinski definition) is 1. The first-order chi connectivity index (χ1) is 11.0. The molecule has 2 aromatic carbocycles. The number of pyridine rings is 1. The van der Waals surface area contributed by atoms with Crippen molar-refractivity contribution in [1.82, 2.24) is 4.98 Å². The van der Waals surface area contributed by atoms with Gasteiger partial charge in [-0.15, -0.1) is 0 Å². The summed E-state index contributed by atoms with van der Waals surface area (Å²) in [4.78, 5) is 14.9. The molecule has 0 radical (unpaired) electrons. The van der Waals surface area contributed by atoms with Gasteiger partial charge in [0.05, 0.1) is 10.4 Å². The summed E-state index contributed by atoms with van der Waals surface area (Å²) in [5.74, 6) is -0.378. The third-order valence-electron chi connectivity index (χ3n) is 3.53. The lowest BCUT2D eigenvalue weighted by atomic mass is 10.1. The molecule has 3 rings (SSSR count). The summed E-state index contributed by atoms with van der Waals surface area (Å²) >= 11 is 3.35. The number of nitrogens with one attached hydrogen (secondary N) is 1. The Balaban J connectivity index is 2.25. The highest BCUT2D eigenvalue weighted by Gasteiger charge is 2.19. The van der Waals surface area contributed by atoms with Crippen LogP contribution in [0.25, 0.3) is 10.9 Å². The highest BCUT2D eigenvalue weighted by molar-refractivity contribution is 9.10. The first kappa shape index (κ1) is 15.4. The fraction of sp³-hybridized carbons (Fsp3) is 0.0625. The fourth-order valence-electron chi connectivity index (χ4n) is 2.30. The van der Waals surface area contributed by atoms with Crippen LogP contribution in [0.5, 0.6) is 0 Å². The van der Waals surface area contributed by atoms with Gasteiger partial charge in [-0.2, -0.15) is 0 Å². The molecule has 23 heavy (non-hydrogen) atoms. The number of benzene rings is 2. The minimum Gasteiger partial charge on any atom is -0.349 e. The summed E-state index contributed by atoms with van der Waals surface area (Å²) in [5.41, 5.74) is 1.59. The first-order valence-electron chi connectivity index (χ1n) is 6.72.